The van der Waals surface area contributed by atoms with Gasteiger partial charge in [-0.2, -0.15) is 0 Å². The van der Waals surface area contributed by atoms with Crippen molar-refractivity contribution in [2.75, 3.05) is 13.2 Å². The Kier molecular flexibility index (Phi) is 5.37. The average molecular weight is 282 g/mol. The van der Waals surface area contributed by atoms with E-state index < -0.39 is 0 Å². The van der Waals surface area contributed by atoms with E-state index in [0.29, 0.717) is 5.92 Å². The predicted octanol–water partition coefficient (Wildman–Crippen LogP) is 3.69. The highest BCUT2D eigenvalue weighted by atomic mass is 32.1. The zero-order valence-electron chi connectivity index (χ0n) is 12.4. The van der Waals surface area contributed by atoms with Crippen molar-refractivity contribution in [2.45, 2.75) is 58.6 Å². The number of nitrogens with zero attached hydrogens (tertiary/aromatic N) is 1. The monoisotopic (exact) mass is 282 g/mol. The molecule has 0 amide bonds. The lowest BCUT2D eigenvalue weighted by Gasteiger charge is -2.26. The molecule has 1 heterocycles. The highest BCUT2D eigenvalue weighted by molar-refractivity contribution is 7.11. The summed E-state index contributed by atoms with van der Waals surface area (Å²) in [6.07, 6.45) is 6.81. The predicted molar refractivity (Wildman–Crippen MR) is 80.4 cm³/mol. The van der Waals surface area contributed by atoms with Crippen molar-refractivity contribution in [3.8, 4) is 0 Å². The summed E-state index contributed by atoms with van der Waals surface area (Å²) >= 11 is 1.82. The van der Waals surface area contributed by atoms with E-state index in [0.717, 1.165) is 32.5 Å². The zero-order valence-corrected chi connectivity index (χ0v) is 13.2. The Morgan fingerprint density at radius 2 is 2.16 bits per heavy atom. The molecule has 108 valence electrons. The van der Waals surface area contributed by atoms with Gasteiger partial charge in [0.15, 0.2) is 0 Å². The summed E-state index contributed by atoms with van der Waals surface area (Å²) in [5, 5.41) is 4.67. The first-order valence-electron chi connectivity index (χ1n) is 7.46. The molecule has 0 bridgehead atoms. The Labute approximate surface area is 120 Å². The number of hydrogen-bond acceptors (Lipinski definition) is 4. The van der Waals surface area contributed by atoms with Crippen molar-refractivity contribution >= 4 is 11.3 Å². The lowest BCUT2D eigenvalue weighted by molar-refractivity contribution is -0.0391. The van der Waals surface area contributed by atoms with Crippen LogP contribution in [0.25, 0.3) is 0 Å². The first-order valence-corrected chi connectivity index (χ1v) is 8.28. The Morgan fingerprint density at radius 1 is 1.42 bits per heavy atom. The minimum atomic E-state index is -0.0737. The fraction of sp³-hybridized carbons (Fsp3) is 0.800. The summed E-state index contributed by atoms with van der Waals surface area (Å²) in [5.74, 6) is 0.692. The van der Waals surface area contributed by atoms with Gasteiger partial charge in [-0.3, -0.25) is 0 Å². The Balaban J connectivity index is 1.98. The van der Waals surface area contributed by atoms with E-state index >= 15 is 0 Å². The van der Waals surface area contributed by atoms with Gasteiger partial charge in [-0.15, -0.1) is 11.3 Å². The third-order valence-electron chi connectivity index (χ3n) is 3.63. The van der Waals surface area contributed by atoms with E-state index in [9.17, 15) is 0 Å². The van der Waals surface area contributed by atoms with Gasteiger partial charge in [-0.25, -0.2) is 4.98 Å². The summed E-state index contributed by atoms with van der Waals surface area (Å²) in [4.78, 5) is 5.96. The second kappa shape index (κ2) is 6.82. The first-order chi connectivity index (χ1) is 9.16. The zero-order chi connectivity index (χ0) is 13.7. The molecule has 1 aliphatic rings. The maximum atomic E-state index is 6.06. The molecule has 3 nitrogen and oxygen atoms in total. The Bertz CT molecular complexity index is 383. The molecule has 0 radical (unpaired) electrons. The number of aromatic nitrogens is 1. The lowest BCUT2D eigenvalue weighted by Crippen LogP contribution is -2.25. The smallest absolute Gasteiger partial charge is 0.125 e. The van der Waals surface area contributed by atoms with Crippen LogP contribution in [0.15, 0.2) is 6.20 Å². The van der Waals surface area contributed by atoms with E-state index in [1.807, 2.05) is 17.5 Å². The van der Waals surface area contributed by atoms with Crippen LogP contribution in [0.2, 0.25) is 0 Å². The summed E-state index contributed by atoms with van der Waals surface area (Å²) in [6, 6.07) is 0. The first kappa shape index (κ1) is 14.9. The third kappa shape index (κ3) is 3.77. The molecule has 0 aliphatic heterocycles. The normalized spacial score (nSPS) is 18.3. The topological polar surface area (TPSA) is 34.1 Å². The third-order valence-corrected chi connectivity index (χ3v) is 4.81. The van der Waals surface area contributed by atoms with E-state index in [1.54, 1.807) is 0 Å². The van der Waals surface area contributed by atoms with Gasteiger partial charge >= 0.3 is 0 Å². The van der Waals surface area contributed by atoms with Crippen molar-refractivity contribution in [3.05, 3.63) is 16.1 Å². The Hall–Kier alpha value is -0.450. The molecule has 0 aromatic carbocycles. The molecule has 1 N–H and O–H groups in total. The van der Waals surface area contributed by atoms with Gasteiger partial charge < -0.3 is 10.1 Å². The lowest BCUT2D eigenvalue weighted by atomic mass is 10.0. The highest BCUT2D eigenvalue weighted by Gasteiger charge is 2.38. The van der Waals surface area contributed by atoms with Crippen molar-refractivity contribution in [1.82, 2.24) is 10.3 Å². The summed E-state index contributed by atoms with van der Waals surface area (Å²) in [7, 11) is 0. The molecule has 2 rings (SSSR count). The van der Waals surface area contributed by atoms with Crippen molar-refractivity contribution in [1.29, 1.82) is 0 Å². The highest BCUT2D eigenvalue weighted by Crippen LogP contribution is 2.43. The summed E-state index contributed by atoms with van der Waals surface area (Å²) in [6.45, 7) is 9.31. The van der Waals surface area contributed by atoms with Crippen LogP contribution in [0.5, 0.6) is 0 Å². The molecule has 0 unspecified atom stereocenters. The molecule has 0 spiro atoms. The van der Waals surface area contributed by atoms with E-state index in [4.69, 9.17) is 4.74 Å². The van der Waals surface area contributed by atoms with Crippen molar-refractivity contribution in [3.63, 3.8) is 0 Å². The van der Waals surface area contributed by atoms with Crippen molar-refractivity contribution < 1.29 is 4.74 Å². The van der Waals surface area contributed by atoms with Crippen LogP contribution in [0.3, 0.4) is 0 Å². The maximum absolute atomic E-state index is 6.06. The van der Waals surface area contributed by atoms with Gasteiger partial charge in [0.2, 0.25) is 0 Å². The molecule has 19 heavy (non-hydrogen) atoms. The van der Waals surface area contributed by atoms with Gasteiger partial charge in [-0.05, 0) is 32.2 Å². The molecule has 1 aromatic heterocycles. The number of nitrogens with one attached hydrogen (secondary N) is 1. The minimum absolute atomic E-state index is 0.0737. The molecule has 1 aromatic rings. The van der Waals surface area contributed by atoms with E-state index in [-0.39, 0.29) is 5.60 Å². The average Bonchev–Trinajstić information content (AvgIpc) is 2.98. The number of thiazole rings is 1. The van der Waals surface area contributed by atoms with E-state index in [2.05, 4.69) is 31.1 Å². The van der Waals surface area contributed by atoms with Crippen LogP contribution in [0, 0.1) is 5.92 Å². The molecule has 1 aliphatic carbocycles. The quantitative estimate of drug-likeness (QED) is 0.828. The molecule has 1 fully saturated rings. The fourth-order valence-corrected chi connectivity index (χ4v) is 3.81. The van der Waals surface area contributed by atoms with Crippen LogP contribution < -0.4 is 5.32 Å². The number of hydrogen-bond donors (Lipinski definition) is 1. The van der Waals surface area contributed by atoms with Crippen LogP contribution in [0.1, 0.15) is 56.3 Å². The van der Waals surface area contributed by atoms with Crippen LogP contribution in [0.4, 0.5) is 0 Å². The SMILES string of the molecule is CCOC1(c2ncc(CNCC(C)C)s2)CCCC1. The van der Waals surface area contributed by atoms with Crippen LogP contribution in [-0.2, 0) is 16.9 Å². The standard InChI is InChI=1S/C15H26N2OS/c1-4-18-15(7-5-6-8-15)14-17-11-13(19-14)10-16-9-12(2)3/h11-12,16H,4-10H2,1-3H3. The van der Waals surface area contributed by atoms with Gasteiger partial charge in [-0.1, -0.05) is 26.7 Å². The van der Waals surface area contributed by atoms with E-state index in [1.165, 1.54) is 22.7 Å². The van der Waals surface area contributed by atoms with Gasteiger partial charge in [0.25, 0.3) is 0 Å². The van der Waals surface area contributed by atoms with Crippen LogP contribution in [-0.4, -0.2) is 18.1 Å². The molecule has 4 heteroatoms. The summed E-state index contributed by atoms with van der Waals surface area (Å²) in [5.41, 5.74) is -0.0737. The molecule has 0 saturated heterocycles. The maximum Gasteiger partial charge on any atom is 0.125 e. The van der Waals surface area contributed by atoms with Gasteiger partial charge in [0.1, 0.15) is 10.6 Å². The number of ether oxygens (including phenoxy) is 1. The molecule has 0 atom stereocenters. The molecular formula is C15H26N2OS. The molecule has 1 saturated carbocycles. The van der Waals surface area contributed by atoms with Crippen LogP contribution >= 0.6 is 11.3 Å². The summed E-state index contributed by atoms with van der Waals surface area (Å²) < 4.78 is 6.06. The second-order valence-electron chi connectivity index (χ2n) is 5.79. The van der Waals surface area contributed by atoms with Gasteiger partial charge in [0, 0.05) is 24.2 Å². The minimum Gasteiger partial charge on any atom is -0.368 e. The van der Waals surface area contributed by atoms with Crippen molar-refractivity contribution in [2.24, 2.45) is 5.92 Å². The fourth-order valence-electron chi connectivity index (χ4n) is 2.73. The van der Waals surface area contributed by atoms with Gasteiger partial charge in [0.05, 0.1) is 0 Å². The molecular weight excluding hydrogens is 256 g/mol. The second-order valence-corrected chi connectivity index (χ2v) is 6.91. The largest absolute Gasteiger partial charge is 0.368 e. The Morgan fingerprint density at radius 3 is 2.79 bits per heavy atom. The number of rotatable bonds is 7.